The van der Waals surface area contributed by atoms with E-state index < -0.39 is 0 Å². The highest BCUT2D eigenvalue weighted by molar-refractivity contribution is 7.17. The van der Waals surface area contributed by atoms with E-state index in [9.17, 15) is 4.79 Å². The van der Waals surface area contributed by atoms with Gasteiger partial charge < -0.3 is 9.80 Å². The molecular weight excluding hydrogens is 270 g/mol. The van der Waals surface area contributed by atoms with E-state index >= 15 is 0 Å². The van der Waals surface area contributed by atoms with E-state index in [2.05, 4.69) is 37.5 Å². The molecule has 20 heavy (non-hydrogen) atoms. The summed E-state index contributed by atoms with van der Waals surface area (Å²) in [5.41, 5.74) is 0.865. The standard InChI is InChI=1S/C15H25N3OS/c1-6-17-7-9-18(10-8-17)14-16-13(15(3,4)5)12(20-14)11(2)19/h6-10H2,1-5H3. The predicted octanol–water partition coefficient (Wildman–Crippen LogP) is 2.79. The van der Waals surface area contributed by atoms with Gasteiger partial charge in [0.15, 0.2) is 10.9 Å². The van der Waals surface area contributed by atoms with Crippen LogP contribution >= 0.6 is 11.3 Å². The number of nitrogens with zero attached hydrogens (tertiary/aromatic N) is 3. The molecule has 4 nitrogen and oxygen atoms in total. The fourth-order valence-corrected chi connectivity index (χ4v) is 3.67. The van der Waals surface area contributed by atoms with Crippen molar-refractivity contribution in [2.75, 3.05) is 37.6 Å². The molecule has 0 bridgehead atoms. The zero-order valence-corrected chi connectivity index (χ0v) is 14.0. The summed E-state index contributed by atoms with van der Waals surface area (Å²) in [6, 6.07) is 0. The number of thiazole rings is 1. The molecule has 0 unspecified atom stereocenters. The minimum Gasteiger partial charge on any atom is -0.346 e. The number of Topliss-reactive ketones (excluding diaryl/α,β-unsaturated/α-hetero) is 1. The van der Waals surface area contributed by atoms with Crippen LogP contribution in [0.4, 0.5) is 5.13 Å². The van der Waals surface area contributed by atoms with Gasteiger partial charge in [0.2, 0.25) is 0 Å². The SMILES string of the molecule is CCN1CCN(c2nc(C(C)(C)C)c(C(C)=O)s2)CC1. The van der Waals surface area contributed by atoms with Crippen LogP contribution in [0.2, 0.25) is 0 Å². The molecule has 1 fully saturated rings. The number of carbonyl (C=O) groups excluding carboxylic acids is 1. The van der Waals surface area contributed by atoms with Crippen molar-refractivity contribution in [1.29, 1.82) is 0 Å². The first-order chi connectivity index (χ1) is 9.32. The number of carbonyl (C=O) groups is 1. The van der Waals surface area contributed by atoms with Crippen LogP contribution in [0.15, 0.2) is 0 Å². The van der Waals surface area contributed by atoms with E-state index in [0.717, 1.165) is 48.4 Å². The van der Waals surface area contributed by atoms with Crippen molar-refractivity contribution in [3.05, 3.63) is 10.6 Å². The number of hydrogen-bond donors (Lipinski definition) is 0. The maximum absolute atomic E-state index is 11.9. The Morgan fingerprint density at radius 3 is 2.25 bits per heavy atom. The number of ketones is 1. The minimum atomic E-state index is -0.0823. The number of piperazine rings is 1. The van der Waals surface area contributed by atoms with Gasteiger partial charge in [-0.15, -0.1) is 0 Å². The van der Waals surface area contributed by atoms with Crippen LogP contribution in [0.3, 0.4) is 0 Å². The van der Waals surface area contributed by atoms with E-state index in [4.69, 9.17) is 4.98 Å². The lowest BCUT2D eigenvalue weighted by Crippen LogP contribution is -2.46. The van der Waals surface area contributed by atoms with Crippen LogP contribution in [0.25, 0.3) is 0 Å². The lowest BCUT2D eigenvalue weighted by molar-refractivity contribution is 0.101. The third-order valence-electron chi connectivity index (χ3n) is 3.74. The summed E-state index contributed by atoms with van der Waals surface area (Å²) in [6.45, 7) is 15.5. The molecule has 5 heteroatoms. The van der Waals surface area contributed by atoms with E-state index in [-0.39, 0.29) is 11.2 Å². The quantitative estimate of drug-likeness (QED) is 0.804. The molecule has 0 N–H and O–H groups in total. The average Bonchev–Trinajstić information content (AvgIpc) is 2.84. The number of aromatic nitrogens is 1. The van der Waals surface area contributed by atoms with Crippen molar-refractivity contribution in [1.82, 2.24) is 9.88 Å². The van der Waals surface area contributed by atoms with Gasteiger partial charge in [-0.3, -0.25) is 4.79 Å². The second-order valence-corrected chi connectivity index (χ2v) is 7.38. The van der Waals surface area contributed by atoms with Crippen molar-refractivity contribution < 1.29 is 4.79 Å². The van der Waals surface area contributed by atoms with Gasteiger partial charge in [0.1, 0.15) is 0 Å². The lowest BCUT2D eigenvalue weighted by atomic mass is 9.91. The Bertz CT molecular complexity index is 482. The lowest BCUT2D eigenvalue weighted by Gasteiger charge is -2.33. The van der Waals surface area contributed by atoms with E-state index in [1.807, 2.05) is 0 Å². The summed E-state index contributed by atoms with van der Waals surface area (Å²) in [7, 11) is 0. The first-order valence-electron chi connectivity index (χ1n) is 7.32. The molecule has 112 valence electrons. The molecular formula is C15H25N3OS. The van der Waals surface area contributed by atoms with E-state index in [0.29, 0.717) is 0 Å². The van der Waals surface area contributed by atoms with E-state index in [1.165, 1.54) is 0 Å². The fraction of sp³-hybridized carbons (Fsp3) is 0.733. The number of rotatable bonds is 3. The second-order valence-electron chi connectivity index (χ2n) is 6.40. The van der Waals surface area contributed by atoms with Gasteiger partial charge in [-0.25, -0.2) is 4.98 Å². The first kappa shape index (κ1) is 15.4. The van der Waals surface area contributed by atoms with Crippen LogP contribution in [-0.2, 0) is 5.41 Å². The summed E-state index contributed by atoms with van der Waals surface area (Å²) in [5, 5.41) is 1.01. The molecule has 1 saturated heterocycles. The highest BCUT2D eigenvalue weighted by Crippen LogP contribution is 2.34. The Morgan fingerprint density at radius 1 is 1.25 bits per heavy atom. The Hall–Kier alpha value is -0.940. The molecule has 0 radical (unpaired) electrons. The number of hydrogen-bond acceptors (Lipinski definition) is 5. The largest absolute Gasteiger partial charge is 0.346 e. The molecule has 0 atom stereocenters. The highest BCUT2D eigenvalue weighted by atomic mass is 32.1. The third kappa shape index (κ3) is 3.20. The monoisotopic (exact) mass is 295 g/mol. The molecule has 2 heterocycles. The summed E-state index contributed by atoms with van der Waals surface area (Å²) in [6.07, 6.45) is 0. The van der Waals surface area contributed by atoms with Gasteiger partial charge in [0, 0.05) is 38.5 Å². The molecule has 0 spiro atoms. The topological polar surface area (TPSA) is 36.4 Å². The maximum Gasteiger partial charge on any atom is 0.186 e. The van der Waals surface area contributed by atoms with Gasteiger partial charge >= 0.3 is 0 Å². The van der Waals surface area contributed by atoms with Crippen molar-refractivity contribution >= 4 is 22.3 Å². The molecule has 1 aliphatic rings. The smallest absolute Gasteiger partial charge is 0.186 e. The summed E-state index contributed by atoms with van der Waals surface area (Å²) in [5.74, 6) is 0.130. The van der Waals surface area contributed by atoms with Crippen LogP contribution in [0, 0.1) is 0 Å². The summed E-state index contributed by atoms with van der Waals surface area (Å²) in [4.78, 5) is 22.2. The molecule has 0 amide bonds. The van der Waals surface area contributed by atoms with Gasteiger partial charge in [0.25, 0.3) is 0 Å². The van der Waals surface area contributed by atoms with Gasteiger partial charge in [-0.05, 0) is 6.54 Å². The van der Waals surface area contributed by atoms with Gasteiger partial charge in [-0.1, -0.05) is 39.0 Å². The maximum atomic E-state index is 11.9. The predicted molar refractivity (Wildman–Crippen MR) is 85.1 cm³/mol. The van der Waals surface area contributed by atoms with Gasteiger partial charge in [0.05, 0.1) is 10.6 Å². The second kappa shape index (κ2) is 5.82. The number of likely N-dealkylation sites (N-methyl/N-ethyl adjacent to an activating group) is 1. The van der Waals surface area contributed by atoms with Crippen LogP contribution in [-0.4, -0.2) is 48.4 Å². The molecule has 2 rings (SSSR count). The zero-order valence-electron chi connectivity index (χ0n) is 13.2. The first-order valence-corrected chi connectivity index (χ1v) is 8.14. The zero-order chi connectivity index (χ0) is 14.9. The molecule has 1 aromatic rings. The molecule has 0 saturated carbocycles. The van der Waals surface area contributed by atoms with Crippen molar-refractivity contribution in [2.45, 2.75) is 40.0 Å². The van der Waals surface area contributed by atoms with Crippen molar-refractivity contribution in [3.8, 4) is 0 Å². The number of anilines is 1. The Balaban J connectivity index is 2.24. The Labute approximate surface area is 125 Å². The van der Waals surface area contributed by atoms with E-state index in [1.54, 1.807) is 18.3 Å². The Kier molecular flexibility index (Phi) is 4.49. The molecule has 1 aliphatic heterocycles. The summed E-state index contributed by atoms with van der Waals surface area (Å²) >= 11 is 1.56. The molecule has 0 aromatic carbocycles. The van der Waals surface area contributed by atoms with Crippen LogP contribution in [0.5, 0.6) is 0 Å². The molecule has 1 aromatic heterocycles. The van der Waals surface area contributed by atoms with Crippen molar-refractivity contribution in [3.63, 3.8) is 0 Å². The summed E-state index contributed by atoms with van der Waals surface area (Å²) < 4.78 is 0. The normalized spacial score (nSPS) is 17.6. The highest BCUT2D eigenvalue weighted by Gasteiger charge is 2.28. The van der Waals surface area contributed by atoms with Crippen molar-refractivity contribution in [2.24, 2.45) is 0 Å². The van der Waals surface area contributed by atoms with Crippen LogP contribution in [0.1, 0.15) is 50.0 Å². The minimum absolute atomic E-state index is 0.0823. The third-order valence-corrected chi connectivity index (χ3v) is 4.95. The average molecular weight is 295 g/mol. The Morgan fingerprint density at radius 2 is 1.85 bits per heavy atom. The van der Waals surface area contributed by atoms with Gasteiger partial charge in [-0.2, -0.15) is 0 Å². The van der Waals surface area contributed by atoms with Crippen LogP contribution < -0.4 is 4.90 Å². The fourth-order valence-electron chi connectivity index (χ4n) is 2.45. The molecule has 0 aliphatic carbocycles.